The van der Waals surface area contributed by atoms with E-state index in [-0.39, 0.29) is 18.8 Å². The van der Waals surface area contributed by atoms with Crippen LogP contribution in [0.1, 0.15) is 6.42 Å². The Morgan fingerprint density at radius 2 is 1.89 bits per heavy atom. The van der Waals surface area contributed by atoms with Gasteiger partial charge in [-0.05, 0) is 31.2 Å². The van der Waals surface area contributed by atoms with Crippen molar-refractivity contribution in [2.45, 2.75) is 16.8 Å². The fourth-order valence-electron chi connectivity index (χ4n) is 1.31. The average Bonchev–Trinajstić information content (AvgIpc) is 2.29. The normalized spacial score (nSPS) is 12.5. The molecule has 1 aromatic carbocycles. The molecule has 9 heteroatoms. The summed E-state index contributed by atoms with van der Waals surface area (Å²) >= 11 is 0. The van der Waals surface area contributed by atoms with Crippen LogP contribution in [0.4, 0.5) is 23.2 Å². The van der Waals surface area contributed by atoms with Gasteiger partial charge in [0, 0.05) is 6.54 Å². The van der Waals surface area contributed by atoms with Crippen molar-refractivity contribution in [3.05, 3.63) is 24.0 Å². The van der Waals surface area contributed by atoms with Crippen LogP contribution in [-0.4, -0.2) is 27.0 Å². The van der Waals surface area contributed by atoms with Crippen LogP contribution in [0.2, 0.25) is 0 Å². The Bertz CT molecular complexity index is 543. The molecule has 0 unspecified atom stereocenters. The molecule has 0 atom stereocenters. The van der Waals surface area contributed by atoms with Crippen molar-refractivity contribution in [3.8, 4) is 0 Å². The molecule has 0 heterocycles. The van der Waals surface area contributed by atoms with E-state index in [1.54, 1.807) is 0 Å². The van der Waals surface area contributed by atoms with Gasteiger partial charge in [0.15, 0.2) is 0 Å². The van der Waals surface area contributed by atoms with Crippen LogP contribution < -0.4 is 11.1 Å². The van der Waals surface area contributed by atoms with Crippen LogP contribution in [0.15, 0.2) is 23.1 Å². The molecule has 4 nitrogen and oxygen atoms in total. The predicted octanol–water partition coefficient (Wildman–Crippen LogP) is 1.88. The van der Waals surface area contributed by atoms with Gasteiger partial charge in [0.05, 0.1) is 5.69 Å². The van der Waals surface area contributed by atoms with Gasteiger partial charge in [0.2, 0.25) is 0 Å². The molecule has 0 saturated carbocycles. The van der Waals surface area contributed by atoms with E-state index in [0.717, 1.165) is 12.1 Å². The third-order valence-electron chi connectivity index (χ3n) is 2.23. The highest BCUT2D eigenvalue weighted by atomic mass is 32.2. The van der Waals surface area contributed by atoms with Crippen LogP contribution in [0, 0.1) is 5.82 Å². The Morgan fingerprint density at radius 3 is 2.42 bits per heavy atom. The highest BCUT2D eigenvalue weighted by molar-refractivity contribution is 7.92. The second-order valence-corrected chi connectivity index (χ2v) is 5.57. The van der Waals surface area contributed by atoms with Crippen LogP contribution in [0.5, 0.6) is 0 Å². The number of hydrogen-bond acceptors (Lipinski definition) is 4. The first-order chi connectivity index (χ1) is 8.70. The van der Waals surface area contributed by atoms with E-state index in [9.17, 15) is 26.0 Å². The molecule has 0 aromatic heterocycles. The highest BCUT2D eigenvalue weighted by Gasteiger charge is 2.48. The molecule has 1 rings (SSSR count). The van der Waals surface area contributed by atoms with Crippen molar-refractivity contribution < 1.29 is 26.0 Å². The average molecular weight is 300 g/mol. The molecule has 0 bridgehead atoms. The van der Waals surface area contributed by atoms with Gasteiger partial charge < -0.3 is 11.1 Å². The molecule has 0 fully saturated rings. The molecular weight excluding hydrogens is 288 g/mol. The predicted molar refractivity (Wildman–Crippen MR) is 61.8 cm³/mol. The standard InChI is InChI=1S/C10H12F4N2O2S/c11-7-2-3-8(16-5-1-4-15)9(6-7)19(17,18)10(12,13)14/h2-3,6,16H,1,4-5,15H2. The zero-order valence-electron chi connectivity index (χ0n) is 9.67. The van der Waals surface area contributed by atoms with E-state index >= 15 is 0 Å². The molecule has 0 aliphatic heterocycles. The van der Waals surface area contributed by atoms with Gasteiger partial charge in [-0.15, -0.1) is 0 Å². The lowest BCUT2D eigenvalue weighted by Crippen LogP contribution is -2.24. The maximum absolute atomic E-state index is 13.0. The number of halogens is 4. The zero-order chi connectivity index (χ0) is 14.7. The van der Waals surface area contributed by atoms with Gasteiger partial charge in [-0.3, -0.25) is 0 Å². The number of sulfone groups is 1. The van der Waals surface area contributed by atoms with Crippen molar-refractivity contribution in [1.82, 2.24) is 0 Å². The summed E-state index contributed by atoms with van der Waals surface area (Å²) in [7, 11) is -5.60. The van der Waals surface area contributed by atoms with Crippen molar-refractivity contribution in [2.75, 3.05) is 18.4 Å². The molecule has 0 amide bonds. The van der Waals surface area contributed by atoms with Crippen molar-refractivity contribution in [2.24, 2.45) is 5.73 Å². The Morgan fingerprint density at radius 1 is 1.26 bits per heavy atom. The highest BCUT2D eigenvalue weighted by Crippen LogP contribution is 2.34. The van der Waals surface area contributed by atoms with E-state index in [4.69, 9.17) is 5.73 Å². The van der Waals surface area contributed by atoms with E-state index in [0.29, 0.717) is 12.5 Å². The van der Waals surface area contributed by atoms with Gasteiger partial charge in [-0.1, -0.05) is 0 Å². The lowest BCUT2D eigenvalue weighted by Gasteiger charge is -2.14. The molecule has 108 valence electrons. The minimum Gasteiger partial charge on any atom is -0.384 e. The summed E-state index contributed by atoms with van der Waals surface area (Å²) in [6, 6.07) is 2.16. The molecule has 0 spiro atoms. The van der Waals surface area contributed by atoms with E-state index in [2.05, 4.69) is 5.32 Å². The molecular formula is C10H12F4N2O2S. The van der Waals surface area contributed by atoms with Gasteiger partial charge in [0.25, 0.3) is 9.84 Å². The summed E-state index contributed by atoms with van der Waals surface area (Å²) in [6.45, 7) is 0.470. The van der Waals surface area contributed by atoms with Gasteiger partial charge in [-0.2, -0.15) is 13.2 Å². The fourth-order valence-corrected chi connectivity index (χ4v) is 2.26. The zero-order valence-corrected chi connectivity index (χ0v) is 10.5. The summed E-state index contributed by atoms with van der Waals surface area (Å²) < 4.78 is 73.0. The molecule has 0 saturated heterocycles. The lowest BCUT2D eigenvalue weighted by atomic mass is 10.3. The van der Waals surface area contributed by atoms with E-state index < -0.39 is 26.1 Å². The number of anilines is 1. The quantitative estimate of drug-likeness (QED) is 0.643. The van der Waals surface area contributed by atoms with Crippen molar-refractivity contribution in [1.29, 1.82) is 0 Å². The van der Waals surface area contributed by atoms with Crippen molar-refractivity contribution in [3.63, 3.8) is 0 Å². The maximum atomic E-state index is 13.0. The van der Waals surface area contributed by atoms with Crippen LogP contribution in [-0.2, 0) is 9.84 Å². The largest absolute Gasteiger partial charge is 0.501 e. The molecule has 0 radical (unpaired) electrons. The molecule has 0 aliphatic carbocycles. The lowest BCUT2D eigenvalue weighted by molar-refractivity contribution is -0.0435. The summed E-state index contributed by atoms with van der Waals surface area (Å²) in [5, 5.41) is 2.49. The van der Waals surface area contributed by atoms with Crippen LogP contribution >= 0.6 is 0 Å². The SMILES string of the molecule is NCCCNc1ccc(F)cc1S(=O)(=O)C(F)(F)F. The summed E-state index contributed by atoms with van der Waals surface area (Å²) in [6.07, 6.45) is 0.433. The third-order valence-corrected chi connectivity index (χ3v) is 3.76. The molecule has 0 aliphatic rings. The molecule has 1 aromatic rings. The first kappa shape index (κ1) is 15.7. The van der Waals surface area contributed by atoms with Crippen LogP contribution in [0.25, 0.3) is 0 Å². The Labute approximate surface area is 107 Å². The van der Waals surface area contributed by atoms with Gasteiger partial charge >= 0.3 is 5.51 Å². The van der Waals surface area contributed by atoms with Gasteiger partial charge in [-0.25, -0.2) is 12.8 Å². The van der Waals surface area contributed by atoms with Crippen LogP contribution in [0.3, 0.4) is 0 Å². The smallest absolute Gasteiger partial charge is 0.384 e. The van der Waals surface area contributed by atoms with Crippen molar-refractivity contribution >= 4 is 15.5 Å². The third kappa shape index (κ3) is 3.57. The fraction of sp³-hybridized carbons (Fsp3) is 0.400. The first-order valence-corrected chi connectivity index (χ1v) is 6.73. The molecule has 19 heavy (non-hydrogen) atoms. The Balaban J connectivity index is 3.22. The monoisotopic (exact) mass is 300 g/mol. The number of hydrogen-bond donors (Lipinski definition) is 2. The number of nitrogens with two attached hydrogens (primary N) is 1. The molecule has 3 N–H and O–H groups in total. The maximum Gasteiger partial charge on any atom is 0.501 e. The number of benzene rings is 1. The minimum absolute atomic E-state index is 0.183. The summed E-state index contributed by atoms with van der Waals surface area (Å²) in [4.78, 5) is -1.13. The Hall–Kier alpha value is -1.35. The topological polar surface area (TPSA) is 72.2 Å². The summed E-state index contributed by atoms with van der Waals surface area (Å²) in [5.41, 5.74) is -0.568. The summed E-state index contributed by atoms with van der Waals surface area (Å²) in [5.74, 6) is -1.06. The number of alkyl halides is 3. The van der Waals surface area contributed by atoms with E-state index in [1.165, 1.54) is 0 Å². The van der Waals surface area contributed by atoms with Gasteiger partial charge in [0.1, 0.15) is 10.7 Å². The minimum atomic E-state index is -5.60. The number of rotatable bonds is 5. The second kappa shape index (κ2) is 5.74. The second-order valence-electron chi connectivity index (χ2n) is 3.66. The first-order valence-electron chi connectivity index (χ1n) is 5.25. The van der Waals surface area contributed by atoms with E-state index in [1.807, 2.05) is 0 Å². The Kier molecular flexibility index (Phi) is 4.75. The number of nitrogens with one attached hydrogen (secondary N) is 1.